The lowest BCUT2D eigenvalue weighted by Crippen LogP contribution is -2.48. The molecule has 82 valence electrons. The Kier molecular flexibility index (Phi) is 4.20. The van der Waals surface area contributed by atoms with Crippen LogP contribution >= 0.6 is 12.4 Å². The first-order chi connectivity index (χ1) is 6.27. The third kappa shape index (κ3) is 2.39. The predicted molar refractivity (Wildman–Crippen MR) is 56.7 cm³/mol. The molecular formula is C10H18ClNO2. The summed E-state index contributed by atoms with van der Waals surface area (Å²) in [6, 6.07) is 0.615. The minimum absolute atomic E-state index is 0. The zero-order valence-corrected chi connectivity index (χ0v) is 9.05. The highest BCUT2D eigenvalue weighted by Crippen LogP contribution is 2.32. The molecule has 1 aliphatic carbocycles. The maximum absolute atomic E-state index is 10.8. The number of carboxylic acids is 1. The third-order valence-electron chi connectivity index (χ3n) is 3.47. The van der Waals surface area contributed by atoms with Crippen LogP contribution in [-0.2, 0) is 4.79 Å². The van der Waals surface area contributed by atoms with Gasteiger partial charge in [-0.25, -0.2) is 0 Å². The van der Waals surface area contributed by atoms with Crippen LogP contribution in [0.2, 0.25) is 0 Å². The van der Waals surface area contributed by atoms with E-state index in [0.29, 0.717) is 18.5 Å². The van der Waals surface area contributed by atoms with Crippen molar-refractivity contribution in [3.8, 4) is 0 Å². The first-order valence-electron chi connectivity index (χ1n) is 5.23. The Hall–Kier alpha value is -0.280. The van der Waals surface area contributed by atoms with E-state index in [0.717, 1.165) is 6.42 Å². The van der Waals surface area contributed by atoms with Crippen molar-refractivity contribution in [1.82, 2.24) is 5.32 Å². The maximum Gasteiger partial charge on any atom is 0.307 e. The fourth-order valence-electron chi connectivity index (χ4n) is 2.69. The SMILES string of the molecule is Cl.O=C(O)[C@H]1CN[C@@H]2CCCC[C@H]2C1. The van der Waals surface area contributed by atoms with Gasteiger partial charge in [0.05, 0.1) is 5.92 Å². The van der Waals surface area contributed by atoms with Crippen molar-refractivity contribution >= 4 is 18.4 Å². The first-order valence-corrected chi connectivity index (χ1v) is 5.23. The highest BCUT2D eigenvalue weighted by atomic mass is 35.5. The number of aliphatic carboxylic acids is 1. The van der Waals surface area contributed by atoms with Crippen LogP contribution in [0.1, 0.15) is 32.1 Å². The van der Waals surface area contributed by atoms with Gasteiger partial charge < -0.3 is 10.4 Å². The molecule has 3 nitrogen and oxygen atoms in total. The average molecular weight is 220 g/mol. The summed E-state index contributed by atoms with van der Waals surface area (Å²) in [5.41, 5.74) is 0. The lowest BCUT2D eigenvalue weighted by atomic mass is 9.76. The maximum atomic E-state index is 10.8. The zero-order chi connectivity index (χ0) is 9.26. The van der Waals surface area contributed by atoms with Crippen molar-refractivity contribution in [3.63, 3.8) is 0 Å². The number of carbonyl (C=O) groups is 1. The number of nitrogens with one attached hydrogen (secondary N) is 1. The first kappa shape index (κ1) is 11.8. The molecule has 14 heavy (non-hydrogen) atoms. The molecule has 0 aromatic heterocycles. The summed E-state index contributed by atoms with van der Waals surface area (Å²) in [5, 5.41) is 12.3. The molecule has 1 heterocycles. The molecule has 2 rings (SSSR count). The summed E-state index contributed by atoms with van der Waals surface area (Å²) in [4.78, 5) is 10.8. The molecular weight excluding hydrogens is 202 g/mol. The summed E-state index contributed by atoms with van der Waals surface area (Å²) in [7, 11) is 0. The second-order valence-corrected chi connectivity index (χ2v) is 4.33. The van der Waals surface area contributed by atoms with E-state index in [-0.39, 0.29) is 18.3 Å². The van der Waals surface area contributed by atoms with Crippen molar-refractivity contribution in [3.05, 3.63) is 0 Å². The van der Waals surface area contributed by atoms with Gasteiger partial charge in [0, 0.05) is 12.6 Å². The molecule has 0 aromatic carbocycles. The van der Waals surface area contributed by atoms with Crippen LogP contribution in [0.3, 0.4) is 0 Å². The van der Waals surface area contributed by atoms with Gasteiger partial charge >= 0.3 is 5.97 Å². The molecule has 3 atom stereocenters. The quantitative estimate of drug-likeness (QED) is 0.705. The monoisotopic (exact) mass is 219 g/mol. The Morgan fingerprint density at radius 1 is 1.29 bits per heavy atom. The highest BCUT2D eigenvalue weighted by molar-refractivity contribution is 5.85. The third-order valence-corrected chi connectivity index (χ3v) is 3.47. The Bertz CT molecular complexity index is 210. The summed E-state index contributed by atoms with van der Waals surface area (Å²) in [6.45, 7) is 0.677. The molecule has 0 amide bonds. The molecule has 1 saturated carbocycles. The molecule has 2 N–H and O–H groups in total. The smallest absolute Gasteiger partial charge is 0.307 e. The predicted octanol–water partition coefficient (Wildman–Crippen LogP) is 1.66. The molecule has 0 unspecified atom stereocenters. The van der Waals surface area contributed by atoms with Crippen molar-refractivity contribution < 1.29 is 9.90 Å². The molecule has 2 fully saturated rings. The second kappa shape index (κ2) is 4.99. The number of carboxylic acid groups (broad SMARTS) is 1. The fraction of sp³-hybridized carbons (Fsp3) is 0.900. The second-order valence-electron chi connectivity index (χ2n) is 4.33. The van der Waals surface area contributed by atoms with Crippen LogP contribution in [0.15, 0.2) is 0 Å². The number of rotatable bonds is 1. The number of hydrogen-bond donors (Lipinski definition) is 2. The van der Waals surface area contributed by atoms with Crippen LogP contribution in [-0.4, -0.2) is 23.7 Å². The van der Waals surface area contributed by atoms with E-state index in [4.69, 9.17) is 5.11 Å². The van der Waals surface area contributed by atoms with Gasteiger partial charge in [0.1, 0.15) is 0 Å². The van der Waals surface area contributed by atoms with Crippen molar-refractivity contribution in [1.29, 1.82) is 0 Å². The van der Waals surface area contributed by atoms with Gasteiger partial charge in [0.15, 0.2) is 0 Å². The van der Waals surface area contributed by atoms with E-state index in [1.807, 2.05) is 0 Å². The molecule has 0 spiro atoms. The van der Waals surface area contributed by atoms with E-state index >= 15 is 0 Å². The van der Waals surface area contributed by atoms with Gasteiger partial charge in [0.25, 0.3) is 0 Å². The van der Waals surface area contributed by atoms with E-state index in [9.17, 15) is 4.79 Å². The highest BCUT2D eigenvalue weighted by Gasteiger charge is 2.34. The van der Waals surface area contributed by atoms with E-state index < -0.39 is 5.97 Å². The van der Waals surface area contributed by atoms with Crippen molar-refractivity contribution in [2.24, 2.45) is 11.8 Å². The van der Waals surface area contributed by atoms with Gasteiger partial charge in [-0.05, 0) is 25.2 Å². The normalized spacial score (nSPS) is 36.7. The van der Waals surface area contributed by atoms with Crippen LogP contribution in [0.25, 0.3) is 0 Å². The van der Waals surface area contributed by atoms with Gasteiger partial charge in [-0.15, -0.1) is 12.4 Å². The molecule has 0 bridgehead atoms. The standard InChI is InChI=1S/C10H17NO2.ClH/c12-10(13)8-5-7-3-1-2-4-9(7)11-6-8;/h7-9,11H,1-6H2,(H,12,13);1H/t7-,8+,9+;/m0./s1. The number of fused-ring (bicyclic) bond motifs is 1. The van der Waals surface area contributed by atoms with Crippen LogP contribution < -0.4 is 5.32 Å². The summed E-state index contributed by atoms with van der Waals surface area (Å²) >= 11 is 0. The van der Waals surface area contributed by atoms with Crippen LogP contribution in [0.5, 0.6) is 0 Å². The fourth-order valence-corrected chi connectivity index (χ4v) is 2.69. The molecule has 1 aliphatic heterocycles. The number of piperidine rings is 1. The van der Waals surface area contributed by atoms with Crippen molar-refractivity contribution in [2.75, 3.05) is 6.54 Å². The van der Waals surface area contributed by atoms with Gasteiger partial charge in [0.2, 0.25) is 0 Å². The lowest BCUT2D eigenvalue weighted by molar-refractivity contribution is -0.143. The minimum Gasteiger partial charge on any atom is -0.481 e. The molecule has 0 aromatic rings. The van der Waals surface area contributed by atoms with Crippen LogP contribution in [0, 0.1) is 11.8 Å². The average Bonchev–Trinajstić information content (AvgIpc) is 2.17. The lowest BCUT2D eigenvalue weighted by Gasteiger charge is -2.38. The zero-order valence-electron chi connectivity index (χ0n) is 8.24. The Labute approximate surface area is 90.7 Å². The van der Waals surface area contributed by atoms with Gasteiger partial charge in [-0.2, -0.15) is 0 Å². The largest absolute Gasteiger partial charge is 0.481 e. The Balaban J connectivity index is 0.000000980. The summed E-state index contributed by atoms with van der Waals surface area (Å²) < 4.78 is 0. The molecule has 2 aliphatic rings. The number of halogens is 1. The molecule has 4 heteroatoms. The van der Waals surface area contributed by atoms with Gasteiger partial charge in [-0.1, -0.05) is 12.8 Å². The van der Waals surface area contributed by atoms with Crippen molar-refractivity contribution in [2.45, 2.75) is 38.1 Å². The minimum atomic E-state index is -0.628. The summed E-state index contributed by atoms with van der Waals surface area (Å²) in [5.74, 6) is -0.139. The van der Waals surface area contributed by atoms with E-state index in [2.05, 4.69) is 5.32 Å². The topological polar surface area (TPSA) is 49.3 Å². The number of hydrogen-bond acceptors (Lipinski definition) is 2. The van der Waals surface area contributed by atoms with Crippen LogP contribution in [0.4, 0.5) is 0 Å². The van der Waals surface area contributed by atoms with E-state index in [1.165, 1.54) is 25.7 Å². The Morgan fingerprint density at radius 3 is 2.71 bits per heavy atom. The summed E-state index contributed by atoms with van der Waals surface area (Å²) in [6.07, 6.45) is 5.96. The Morgan fingerprint density at radius 2 is 2.00 bits per heavy atom. The molecule has 1 saturated heterocycles. The van der Waals surface area contributed by atoms with Gasteiger partial charge in [-0.3, -0.25) is 4.79 Å². The molecule has 0 radical (unpaired) electrons. The van der Waals surface area contributed by atoms with E-state index in [1.54, 1.807) is 0 Å².